The summed E-state index contributed by atoms with van der Waals surface area (Å²) in [6.07, 6.45) is 0. The predicted octanol–water partition coefficient (Wildman–Crippen LogP) is 10.5. The Morgan fingerprint density at radius 1 is 0.450 bits per heavy atom. The zero-order valence-electron chi connectivity index (χ0n) is 21.9. The smallest absolute Gasteiger partial charge is 0.0562 e. The van der Waals surface area contributed by atoms with Gasteiger partial charge in [0.05, 0.1) is 22.2 Å². The number of thiophene rings is 1. The van der Waals surface area contributed by atoms with Crippen molar-refractivity contribution in [3.8, 4) is 16.8 Å². The topological polar surface area (TPSA) is 9.86 Å². The van der Waals surface area contributed by atoms with Gasteiger partial charge in [-0.15, -0.1) is 11.3 Å². The number of hydrogen-bond acceptors (Lipinski definition) is 1. The van der Waals surface area contributed by atoms with E-state index in [2.05, 4.69) is 144 Å². The maximum Gasteiger partial charge on any atom is 0.0562 e. The first kappa shape index (κ1) is 22.0. The summed E-state index contributed by atoms with van der Waals surface area (Å²) in [7, 11) is 2.17. The summed E-state index contributed by atoms with van der Waals surface area (Å²) in [6.45, 7) is 0. The highest BCUT2D eigenvalue weighted by molar-refractivity contribution is 7.25. The molecule has 40 heavy (non-hydrogen) atoms. The van der Waals surface area contributed by atoms with Crippen molar-refractivity contribution in [3.05, 3.63) is 127 Å². The quantitative estimate of drug-likeness (QED) is 0.211. The highest BCUT2D eigenvalue weighted by atomic mass is 32.1. The number of para-hydroxylation sites is 2. The van der Waals surface area contributed by atoms with Gasteiger partial charge in [0, 0.05) is 54.3 Å². The maximum atomic E-state index is 2.46. The Bertz CT molecular complexity index is 2450. The highest BCUT2D eigenvalue weighted by Crippen LogP contribution is 2.41. The van der Waals surface area contributed by atoms with Gasteiger partial charge < -0.3 is 9.13 Å². The summed E-state index contributed by atoms with van der Waals surface area (Å²) in [5.41, 5.74) is 8.69. The number of benzene rings is 6. The molecule has 3 aromatic heterocycles. The van der Waals surface area contributed by atoms with Crippen molar-refractivity contribution in [1.29, 1.82) is 0 Å². The summed E-state index contributed by atoms with van der Waals surface area (Å²) >= 11 is 1.87. The van der Waals surface area contributed by atoms with Crippen LogP contribution in [0, 0.1) is 0 Å². The fourth-order valence-corrected chi connectivity index (χ4v) is 7.78. The lowest BCUT2D eigenvalue weighted by atomic mass is 10.0. The van der Waals surface area contributed by atoms with Crippen molar-refractivity contribution in [3.63, 3.8) is 0 Å². The molecule has 0 atom stereocenters. The van der Waals surface area contributed by atoms with E-state index in [1.807, 2.05) is 11.3 Å². The molecule has 0 bridgehead atoms. The third-order valence-corrected chi connectivity index (χ3v) is 9.69. The number of rotatable bonds is 2. The van der Waals surface area contributed by atoms with E-state index in [-0.39, 0.29) is 0 Å². The molecule has 0 amide bonds. The highest BCUT2D eigenvalue weighted by Gasteiger charge is 2.18. The third-order valence-electron chi connectivity index (χ3n) is 8.54. The van der Waals surface area contributed by atoms with Crippen molar-refractivity contribution >= 4 is 75.1 Å². The monoisotopic (exact) mass is 528 g/mol. The molecule has 6 aromatic carbocycles. The van der Waals surface area contributed by atoms with Crippen LogP contribution in [0.1, 0.15) is 0 Å². The second kappa shape index (κ2) is 8.08. The SMILES string of the molecule is Cn1c2ccccc2c2c(-n3c4ccccc4c4cc(-c5ccc6sc7ccccc7c6c5)ccc43)cccc21. The van der Waals surface area contributed by atoms with Crippen molar-refractivity contribution in [2.24, 2.45) is 7.05 Å². The second-order valence-corrected chi connectivity index (χ2v) is 11.7. The molecule has 0 saturated heterocycles. The van der Waals surface area contributed by atoms with Crippen LogP contribution in [0.25, 0.3) is 80.6 Å². The van der Waals surface area contributed by atoms with Crippen LogP contribution in [0.2, 0.25) is 0 Å². The van der Waals surface area contributed by atoms with E-state index in [0.717, 1.165) is 0 Å². The van der Waals surface area contributed by atoms with Gasteiger partial charge in [0.1, 0.15) is 0 Å². The predicted molar refractivity (Wildman–Crippen MR) is 173 cm³/mol. The first-order valence-electron chi connectivity index (χ1n) is 13.7. The van der Waals surface area contributed by atoms with Crippen LogP contribution in [0.5, 0.6) is 0 Å². The molecule has 9 aromatic rings. The number of aryl methyl sites for hydroxylation is 1. The van der Waals surface area contributed by atoms with Crippen molar-refractivity contribution < 1.29 is 0 Å². The summed E-state index contributed by atoms with van der Waals surface area (Å²) in [6, 6.07) is 46.9. The molecule has 0 unspecified atom stereocenters. The number of fused-ring (bicyclic) bond motifs is 9. The molecule has 0 aliphatic rings. The second-order valence-electron chi connectivity index (χ2n) is 10.6. The Balaban J connectivity index is 1.33. The van der Waals surface area contributed by atoms with Gasteiger partial charge in [-0.05, 0) is 65.7 Å². The van der Waals surface area contributed by atoms with Gasteiger partial charge in [0.15, 0.2) is 0 Å². The molecule has 9 rings (SSSR count). The molecule has 3 heteroatoms. The Morgan fingerprint density at radius 2 is 1.07 bits per heavy atom. The lowest BCUT2D eigenvalue weighted by Crippen LogP contribution is -1.95. The first-order chi connectivity index (χ1) is 19.8. The summed E-state index contributed by atoms with van der Waals surface area (Å²) in [5.74, 6) is 0. The molecule has 0 saturated carbocycles. The average molecular weight is 529 g/mol. The molecule has 0 spiro atoms. The van der Waals surface area contributed by atoms with Gasteiger partial charge in [-0.1, -0.05) is 72.8 Å². The number of nitrogens with zero attached hydrogens (tertiary/aromatic N) is 2. The normalized spacial score (nSPS) is 12.1. The van der Waals surface area contributed by atoms with E-state index >= 15 is 0 Å². The van der Waals surface area contributed by atoms with Crippen LogP contribution in [0.15, 0.2) is 127 Å². The minimum Gasteiger partial charge on any atom is -0.344 e. The van der Waals surface area contributed by atoms with Gasteiger partial charge in [0.2, 0.25) is 0 Å². The lowest BCUT2D eigenvalue weighted by molar-refractivity contribution is 1.01. The van der Waals surface area contributed by atoms with E-state index in [1.54, 1.807) is 0 Å². The largest absolute Gasteiger partial charge is 0.344 e. The van der Waals surface area contributed by atoms with Crippen LogP contribution in [-0.4, -0.2) is 9.13 Å². The zero-order valence-corrected chi connectivity index (χ0v) is 22.7. The minimum absolute atomic E-state index is 1.22. The lowest BCUT2D eigenvalue weighted by Gasteiger charge is -2.11. The van der Waals surface area contributed by atoms with Gasteiger partial charge in [0.25, 0.3) is 0 Å². The summed E-state index contributed by atoms with van der Waals surface area (Å²) in [4.78, 5) is 0. The van der Waals surface area contributed by atoms with E-state index in [9.17, 15) is 0 Å². The average Bonchev–Trinajstić information content (AvgIpc) is 3.64. The van der Waals surface area contributed by atoms with Gasteiger partial charge in [-0.2, -0.15) is 0 Å². The van der Waals surface area contributed by atoms with Gasteiger partial charge in [-0.25, -0.2) is 0 Å². The number of hydrogen-bond donors (Lipinski definition) is 0. The van der Waals surface area contributed by atoms with Crippen LogP contribution >= 0.6 is 11.3 Å². The first-order valence-corrected chi connectivity index (χ1v) is 14.5. The third kappa shape index (κ3) is 2.93. The van der Waals surface area contributed by atoms with E-state index in [0.29, 0.717) is 0 Å². The van der Waals surface area contributed by atoms with Gasteiger partial charge in [-0.3, -0.25) is 0 Å². The standard InChI is InChI=1S/C37H24N2S/c1-38-30-12-5-3-11-27(30)37-33(38)14-8-15-34(37)39-31-13-6-2-9-25(31)28-21-23(17-19-32(28)39)24-18-20-36-29(22-24)26-10-4-7-16-35(26)40-36/h2-22H,1H3. The maximum absolute atomic E-state index is 2.46. The Hall–Kier alpha value is -4.86. The minimum atomic E-state index is 1.22. The fourth-order valence-electron chi connectivity index (χ4n) is 6.70. The Kier molecular flexibility index (Phi) is 4.44. The molecule has 0 fully saturated rings. The van der Waals surface area contributed by atoms with Crippen LogP contribution < -0.4 is 0 Å². The van der Waals surface area contributed by atoms with Crippen LogP contribution in [0.3, 0.4) is 0 Å². The van der Waals surface area contributed by atoms with Crippen LogP contribution in [0.4, 0.5) is 0 Å². The molecule has 3 heterocycles. The Labute approximate surface area is 234 Å². The molecular formula is C37H24N2S. The van der Waals surface area contributed by atoms with E-state index in [1.165, 1.54) is 80.6 Å². The molecule has 0 N–H and O–H groups in total. The van der Waals surface area contributed by atoms with Crippen molar-refractivity contribution in [2.45, 2.75) is 0 Å². The van der Waals surface area contributed by atoms with Crippen molar-refractivity contribution in [1.82, 2.24) is 9.13 Å². The molecule has 188 valence electrons. The molecule has 0 aliphatic heterocycles. The Morgan fingerprint density at radius 3 is 1.95 bits per heavy atom. The van der Waals surface area contributed by atoms with Crippen molar-refractivity contribution in [2.75, 3.05) is 0 Å². The zero-order chi connectivity index (χ0) is 26.4. The van der Waals surface area contributed by atoms with E-state index in [4.69, 9.17) is 0 Å². The van der Waals surface area contributed by atoms with E-state index < -0.39 is 0 Å². The summed E-state index contributed by atoms with van der Waals surface area (Å²) < 4.78 is 7.45. The molecule has 0 aliphatic carbocycles. The fraction of sp³-hybridized carbons (Fsp3) is 0.0270. The molecular weight excluding hydrogens is 504 g/mol. The molecule has 0 radical (unpaired) electrons. The number of aromatic nitrogens is 2. The summed E-state index contributed by atoms with van der Waals surface area (Å²) in [5, 5.41) is 7.81. The molecule has 2 nitrogen and oxygen atoms in total. The van der Waals surface area contributed by atoms with Gasteiger partial charge >= 0.3 is 0 Å². The van der Waals surface area contributed by atoms with Crippen LogP contribution in [-0.2, 0) is 7.05 Å².